The maximum atomic E-state index is 11.8. The van der Waals surface area contributed by atoms with Crippen LogP contribution in [0.2, 0.25) is 5.02 Å². The second kappa shape index (κ2) is 6.14. The number of amides is 1. The van der Waals surface area contributed by atoms with Crippen LogP contribution in [0.1, 0.15) is 23.7 Å². The van der Waals surface area contributed by atoms with E-state index in [1.807, 2.05) is 0 Å². The number of halogens is 1. The molecule has 0 unspecified atom stereocenters. The maximum Gasteiger partial charge on any atom is 0.326 e. The van der Waals surface area contributed by atoms with Gasteiger partial charge in [0.15, 0.2) is 0 Å². The number of aliphatic carboxylic acids is 1. The molecular weight excluding hydrogens is 276 g/mol. The third-order valence-corrected chi connectivity index (χ3v) is 2.74. The Hall–Kier alpha value is -2.15. The summed E-state index contributed by atoms with van der Waals surface area (Å²) in [5.74, 6) is -1.87. The van der Waals surface area contributed by atoms with Crippen LogP contribution in [0.5, 0.6) is 0 Å². The predicted octanol–water partition coefficient (Wildman–Crippen LogP) is 1.84. The Balaban J connectivity index is 2.97. The molecule has 1 aromatic rings. The zero-order chi connectivity index (χ0) is 14.6. The maximum absolute atomic E-state index is 11.8. The van der Waals surface area contributed by atoms with Gasteiger partial charge in [0.1, 0.15) is 11.1 Å². The number of carboxylic acids is 1. The lowest BCUT2D eigenvalue weighted by Gasteiger charge is -2.12. The third kappa shape index (κ3) is 3.65. The van der Waals surface area contributed by atoms with Gasteiger partial charge in [0.25, 0.3) is 11.6 Å². The van der Waals surface area contributed by atoms with E-state index in [0.29, 0.717) is 0 Å². The summed E-state index contributed by atoms with van der Waals surface area (Å²) in [7, 11) is 0. The minimum atomic E-state index is -1.17. The van der Waals surface area contributed by atoms with Crippen LogP contribution in [0.25, 0.3) is 0 Å². The highest BCUT2D eigenvalue weighted by atomic mass is 35.5. The van der Waals surface area contributed by atoms with Gasteiger partial charge in [0.05, 0.1) is 4.92 Å². The molecule has 0 aliphatic heterocycles. The average Bonchev–Trinajstić information content (AvgIpc) is 2.35. The van der Waals surface area contributed by atoms with E-state index in [9.17, 15) is 19.7 Å². The standard InChI is InChI=1S/C11H11ClN2O5/c1-2-8(11(16)17)13-10(15)6-3-4-7(12)9(5-6)14(18)19/h3-5,8H,2H2,1H3,(H,13,15)(H,16,17)/t8-/m1/s1. The van der Waals surface area contributed by atoms with E-state index < -0.39 is 28.5 Å². The SMILES string of the molecule is CC[C@@H](NC(=O)c1ccc(Cl)c([N+](=O)[O-])c1)C(=O)O. The minimum absolute atomic E-state index is 0.0178. The fraction of sp³-hybridized carbons (Fsp3) is 0.273. The molecule has 0 aromatic heterocycles. The molecule has 0 saturated carbocycles. The van der Waals surface area contributed by atoms with Crippen molar-refractivity contribution in [2.45, 2.75) is 19.4 Å². The lowest BCUT2D eigenvalue weighted by atomic mass is 10.1. The first-order valence-electron chi connectivity index (χ1n) is 5.34. The largest absolute Gasteiger partial charge is 0.480 e. The molecular formula is C11H11ClN2O5. The van der Waals surface area contributed by atoms with Crippen molar-refractivity contribution in [1.82, 2.24) is 5.32 Å². The van der Waals surface area contributed by atoms with Gasteiger partial charge in [-0.3, -0.25) is 14.9 Å². The van der Waals surface area contributed by atoms with Gasteiger partial charge in [-0.05, 0) is 18.6 Å². The van der Waals surface area contributed by atoms with E-state index in [-0.39, 0.29) is 17.0 Å². The molecule has 7 nitrogen and oxygen atoms in total. The Morgan fingerprint density at radius 2 is 2.16 bits per heavy atom. The van der Waals surface area contributed by atoms with Crippen LogP contribution in [-0.4, -0.2) is 27.9 Å². The number of carbonyl (C=O) groups excluding carboxylic acids is 1. The predicted molar refractivity (Wildman–Crippen MR) is 67.3 cm³/mol. The van der Waals surface area contributed by atoms with Crippen molar-refractivity contribution in [1.29, 1.82) is 0 Å². The van der Waals surface area contributed by atoms with E-state index in [2.05, 4.69) is 5.32 Å². The van der Waals surface area contributed by atoms with Gasteiger partial charge < -0.3 is 10.4 Å². The molecule has 1 amide bonds. The number of rotatable bonds is 5. The fourth-order valence-electron chi connectivity index (χ4n) is 1.37. The summed E-state index contributed by atoms with van der Waals surface area (Å²) >= 11 is 5.61. The summed E-state index contributed by atoms with van der Waals surface area (Å²) in [6, 6.07) is 2.48. The van der Waals surface area contributed by atoms with Crippen molar-refractivity contribution >= 4 is 29.2 Å². The van der Waals surface area contributed by atoms with Gasteiger partial charge in [-0.2, -0.15) is 0 Å². The molecule has 1 atom stereocenters. The van der Waals surface area contributed by atoms with E-state index >= 15 is 0 Å². The Kier molecular flexibility index (Phi) is 4.82. The van der Waals surface area contributed by atoms with Gasteiger partial charge in [-0.25, -0.2) is 4.79 Å². The normalized spacial score (nSPS) is 11.7. The number of nitro groups is 1. The van der Waals surface area contributed by atoms with Crippen LogP contribution in [0.4, 0.5) is 5.69 Å². The van der Waals surface area contributed by atoms with Crippen molar-refractivity contribution < 1.29 is 19.6 Å². The first-order valence-corrected chi connectivity index (χ1v) is 5.72. The molecule has 2 N–H and O–H groups in total. The number of hydrogen-bond donors (Lipinski definition) is 2. The summed E-state index contributed by atoms with van der Waals surface area (Å²) < 4.78 is 0. The van der Waals surface area contributed by atoms with Gasteiger partial charge >= 0.3 is 5.97 Å². The molecule has 0 aliphatic carbocycles. The van der Waals surface area contributed by atoms with Crippen LogP contribution >= 0.6 is 11.6 Å². The van der Waals surface area contributed by atoms with Crippen molar-refractivity contribution in [2.75, 3.05) is 0 Å². The van der Waals surface area contributed by atoms with Crippen LogP contribution in [0.3, 0.4) is 0 Å². The summed E-state index contributed by atoms with van der Waals surface area (Å²) in [5, 5.41) is 21.7. The molecule has 1 rings (SSSR count). The van der Waals surface area contributed by atoms with Gasteiger partial charge in [-0.15, -0.1) is 0 Å². The molecule has 8 heteroatoms. The van der Waals surface area contributed by atoms with Gasteiger partial charge in [-0.1, -0.05) is 18.5 Å². The molecule has 102 valence electrons. The third-order valence-electron chi connectivity index (χ3n) is 2.42. The number of benzene rings is 1. The quantitative estimate of drug-likeness (QED) is 0.634. The molecule has 19 heavy (non-hydrogen) atoms. The second-order valence-corrected chi connectivity index (χ2v) is 4.10. The van der Waals surface area contributed by atoms with Crippen LogP contribution in [-0.2, 0) is 4.79 Å². The molecule has 0 bridgehead atoms. The molecule has 0 fully saturated rings. The monoisotopic (exact) mass is 286 g/mol. The highest BCUT2D eigenvalue weighted by Crippen LogP contribution is 2.25. The number of carboxylic acid groups (broad SMARTS) is 1. The lowest BCUT2D eigenvalue weighted by molar-refractivity contribution is -0.384. The average molecular weight is 287 g/mol. The van der Waals surface area contributed by atoms with Crippen molar-refractivity contribution in [2.24, 2.45) is 0 Å². The Labute approximate surface area is 113 Å². The molecule has 0 spiro atoms. The molecule has 0 radical (unpaired) electrons. The summed E-state index contributed by atoms with van der Waals surface area (Å²) in [6.07, 6.45) is 0.205. The zero-order valence-corrected chi connectivity index (χ0v) is 10.7. The Bertz CT molecular complexity index is 532. The first-order chi connectivity index (χ1) is 8.86. The van der Waals surface area contributed by atoms with Gasteiger partial charge in [0.2, 0.25) is 0 Å². The van der Waals surface area contributed by atoms with Crippen LogP contribution in [0, 0.1) is 10.1 Å². The van der Waals surface area contributed by atoms with Crippen LogP contribution < -0.4 is 5.32 Å². The summed E-state index contributed by atoms with van der Waals surface area (Å²) in [6.45, 7) is 1.60. The number of carbonyl (C=O) groups is 2. The molecule has 0 heterocycles. The first kappa shape index (κ1) is 14.9. The van der Waals surface area contributed by atoms with Crippen molar-refractivity contribution in [3.05, 3.63) is 38.9 Å². The molecule has 0 aliphatic rings. The topological polar surface area (TPSA) is 110 Å². The van der Waals surface area contributed by atoms with Crippen molar-refractivity contribution in [3.8, 4) is 0 Å². The van der Waals surface area contributed by atoms with Crippen LogP contribution in [0.15, 0.2) is 18.2 Å². The Morgan fingerprint density at radius 3 is 2.63 bits per heavy atom. The van der Waals surface area contributed by atoms with E-state index in [0.717, 1.165) is 6.07 Å². The number of hydrogen-bond acceptors (Lipinski definition) is 4. The second-order valence-electron chi connectivity index (χ2n) is 3.70. The van der Waals surface area contributed by atoms with E-state index in [4.69, 9.17) is 16.7 Å². The number of nitro benzene ring substituents is 1. The smallest absolute Gasteiger partial charge is 0.326 e. The summed E-state index contributed by atoms with van der Waals surface area (Å²) in [4.78, 5) is 32.5. The van der Waals surface area contributed by atoms with Gasteiger partial charge in [0, 0.05) is 11.6 Å². The minimum Gasteiger partial charge on any atom is -0.480 e. The highest BCUT2D eigenvalue weighted by Gasteiger charge is 2.21. The fourth-order valence-corrected chi connectivity index (χ4v) is 1.56. The summed E-state index contributed by atoms with van der Waals surface area (Å²) in [5.41, 5.74) is -0.423. The zero-order valence-electron chi connectivity index (χ0n) is 9.92. The Morgan fingerprint density at radius 1 is 1.53 bits per heavy atom. The van der Waals surface area contributed by atoms with E-state index in [1.165, 1.54) is 12.1 Å². The van der Waals surface area contributed by atoms with Crippen molar-refractivity contribution in [3.63, 3.8) is 0 Å². The lowest BCUT2D eigenvalue weighted by Crippen LogP contribution is -2.40. The molecule has 1 aromatic carbocycles. The van der Waals surface area contributed by atoms with E-state index in [1.54, 1.807) is 6.92 Å². The number of nitrogens with one attached hydrogen (secondary N) is 1. The molecule has 0 saturated heterocycles. The highest BCUT2D eigenvalue weighted by molar-refractivity contribution is 6.32. The number of nitrogens with zero attached hydrogens (tertiary/aromatic N) is 1.